The zero-order chi connectivity index (χ0) is 36.0. The van der Waals surface area contributed by atoms with Crippen molar-refractivity contribution in [2.24, 2.45) is 0 Å². The Kier molecular flexibility index (Phi) is 6.56. The summed E-state index contributed by atoms with van der Waals surface area (Å²) in [6.45, 7) is 4.66. The minimum atomic E-state index is -0.127. The molecule has 11 rings (SSSR count). The molecule has 0 bridgehead atoms. The molecule has 54 heavy (non-hydrogen) atoms. The molecule has 4 heteroatoms. The molecule has 0 radical (unpaired) electrons. The van der Waals surface area contributed by atoms with Crippen molar-refractivity contribution in [3.8, 4) is 33.7 Å². The Bertz CT molecular complexity index is 3080. The van der Waals surface area contributed by atoms with Crippen LogP contribution in [-0.4, -0.2) is 4.98 Å². The van der Waals surface area contributed by atoms with Gasteiger partial charge in [0.15, 0.2) is 5.58 Å². The molecule has 2 heterocycles. The fraction of sp³-hybridized carbons (Fsp3) is 0.0600. The molecule has 2 aromatic heterocycles. The Morgan fingerprint density at radius 1 is 0.463 bits per heavy atom. The van der Waals surface area contributed by atoms with Crippen LogP contribution in [0.25, 0.3) is 77.5 Å². The number of para-hydroxylation sites is 1. The van der Waals surface area contributed by atoms with Crippen LogP contribution in [0.5, 0.6) is 0 Å². The van der Waals surface area contributed by atoms with Crippen molar-refractivity contribution in [2.45, 2.75) is 19.3 Å². The van der Waals surface area contributed by atoms with Crippen LogP contribution in [0.2, 0.25) is 0 Å². The van der Waals surface area contributed by atoms with Gasteiger partial charge in [0.1, 0.15) is 16.7 Å². The first-order valence-electron chi connectivity index (χ1n) is 18.5. The molecule has 0 N–H and O–H groups in total. The summed E-state index contributed by atoms with van der Waals surface area (Å²) in [5.74, 6) is 0.619. The SMILES string of the molecule is CC1(C)c2ccccc2-c2ccc(N(c3ccc(-c4cc5ccccc5c5oc(-c6ccccc6)nc45)cc3)c3ccc4c(c3)oc3ccccc34)cc21. The average Bonchev–Trinajstić information content (AvgIpc) is 3.90. The van der Waals surface area contributed by atoms with E-state index in [1.807, 2.05) is 42.5 Å². The first-order chi connectivity index (χ1) is 26.5. The second-order valence-corrected chi connectivity index (χ2v) is 14.8. The smallest absolute Gasteiger partial charge is 0.227 e. The van der Waals surface area contributed by atoms with Crippen LogP contribution in [0.4, 0.5) is 17.1 Å². The number of rotatable bonds is 5. The highest BCUT2D eigenvalue weighted by Gasteiger charge is 2.35. The topological polar surface area (TPSA) is 42.4 Å². The van der Waals surface area contributed by atoms with Gasteiger partial charge < -0.3 is 13.7 Å². The van der Waals surface area contributed by atoms with Crippen LogP contribution in [0.1, 0.15) is 25.0 Å². The Morgan fingerprint density at radius 3 is 2.00 bits per heavy atom. The van der Waals surface area contributed by atoms with Gasteiger partial charge >= 0.3 is 0 Å². The van der Waals surface area contributed by atoms with E-state index < -0.39 is 0 Å². The quantitative estimate of drug-likeness (QED) is 0.180. The highest BCUT2D eigenvalue weighted by molar-refractivity contribution is 6.10. The van der Waals surface area contributed by atoms with Gasteiger partial charge in [-0.05, 0) is 93.9 Å². The maximum Gasteiger partial charge on any atom is 0.227 e. The van der Waals surface area contributed by atoms with Gasteiger partial charge in [0.25, 0.3) is 0 Å². The lowest BCUT2D eigenvalue weighted by Gasteiger charge is -2.28. The molecular formula is C50H34N2O2. The number of furan rings is 1. The van der Waals surface area contributed by atoms with E-state index in [2.05, 4.69) is 146 Å². The summed E-state index contributed by atoms with van der Waals surface area (Å²) >= 11 is 0. The van der Waals surface area contributed by atoms with Gasteiger partial charge in [-0.2, -0.15) is 0 Å². The van der Waals surface area contributed by atoms with Crippen LogP contribution in [0, 0.1) is 0 Å². The lowest BCUT2D eigenvalue weighted by Crippen LogP contribution is -2.16. The van der Waals surface area contributed by atoms with Crippen LogP contribution in [-0.2, 0) is 5.41 Å². The van der Waals surface area contributed by atoms with E-state index in [9.17, 15) is 0 Å². The van der Waals surface area contributed by atoms with E-state index in [1.54, 1.807) is 0 Å². The number of fused-ring (bicyclic) bond motifs is 9. The van der Waals surface area contributed by atoms with E-state index in [0.717, 1.165) is 77.6 Å². The summed E-state index contributed by atoms with van der Waals surface area (Å²) in [7, 11) is 0. The van der Waals surface area contributed by atoms with E-state index >= 15 is 0 Å². The average molecular weight is 695 g/mol. The van der Waals surface area contributed by atoms with Gasteiger partial charge in [-0.25, -0.2) is 4.98 Å². The fourth-order valence-corrected chi connectivity index (χ4v) is 8.59. The van der Waals surface area contributed by atoms with Crippen LogP contribution in [0.15, 0.2) is 179 Å². The third kappa shape index (κ3) is 4.60. The summed E-state index contributed by atoms with van der Waals surface area (Å²) in [5, 5.41) is 4.40. The number of aromatic nitrogens is 1. The monoisotopic (exact) mass is 694 g/mol. The standard InChI is InChI=1S/C50H34N2O2/c1-50(2)43-18-10-8-16-38(43)39-26-24-35(29-44(39)50)52(36-25-27-41-40-17-9-11-19-45(40)53-46(41)30-36)34-22-20-31(21-23-34)42-28-33-14-6-7-15-37(33)48-47(42)51-49(54-48)32-12-4-3-5-13-32/h3-30H,1-2H3. The van der Waals surface area contributed by atoms with Crippen LogP contribution >= 0.6 is 0 Å². The summed E-state index contributed by atoms with van der Waals surface area (Å²) in [6, 6.07) is 60.1. The van der Waals surface area contributed by atoms with Gasteiger partial charge in [-0.3, -0.25) is 0 Å². The molecule has 0 saturated carbocycles. The lowest BCUT2D eigenvalue weighted by molar-refractivity contribution is 0.623. The van der Waals surface area contributed by atoms with Crippen molar-refractivity contribution < 1.29 is 8.83 Å². The molecule has 4 nitrogen and oxygen atoms in total. The summed E-state index contributed by atoms with van der Waals surface area (Å²) < 4.78 is 12.9. The molecule has 0 spiro atoms. The molecular weight excluding hydrogens is 661 g/mol. The maximum absolute atomic E-state index is 6.51. The molecule has 256 valence electrons. The summed E-state index contributed by atoms with van der Waals surface area (Å²) in [6.07, 6.45) is 0. The molecule has 0 atom stereocenters. The highest BCUT2D eigenvalue weighted by atomic mass is 16.3. The number of benzene rings is 8. The Hall–Kier alpha value is -6.91. The Labute approximate surface area is 312 Å². The predicted octanol–water partition coefficient (Wildman–Crippen LogP) is 14.0. The molecule has 10 aromatic rings. The maximum atomic E-state index is 6.51. The number of anilines is 3. The van der Waals surface area contributed by atoms with E-state index in [1.165, 1.54) is 22.3 Å². The van der Waals surface area contributed by atoms with Gasteiger partial charge in [0, 0.05) is 55.8 Å². The van der Waals surface area contributed by atoms with Gasteiger partial charge in [0.05, 0.1) is 0 Å². The molecule has 1 aliphatic rings. The summed E-state index contributed by atoms with van der Waals surface area (Å²) in [4.78, 5) is 7.43. The first-order valence-corrected chi connectivity index (χ1v) is 18.5. The Balaban J connectivity index is 1.07. The number of nitrogens with zero attached hydrogens (tertiary/aromatic N) is 2. The number of hydrogen-bond acceptors (Lipinski definition) is 4. The number of oxazole rings is 1. The second-order valence-electron chi connectivity index (χ2n) is 14.8. The number of hydrogen-bond donors (Lipinski definition) is 0. The van der Waals surface area contributed by atoms with Gasteiger partial charge in [0.2, 0.25) is 5.89 Å². The van der Waals surface area contributed by atoms with E-state index in [-0.39, 0.29) is 5.41 Å². The third-order valence-corrected chi connectivity index (χ3v) is 11.3. The second kappa shape index (κ2) is 11.5. The van der Waals surface area contributed by atoms with Crippen LogP contribution < -0.4 is 4.90 Å². The molecule has 0 fully saturated rings. The predicted molar refractivity (Wildman–Crippen MR) is 222 cm³/mol. The van der Waals surface area contributed by atoms with Gasteiger partial charge in [-0.1, -0.05) is 117 Å². The van der Waals surface area contributed by atoms with Crippen molar-refractivity contribution in [3.63, 3.8) is 0 Å². The zero-order valence-electron chi connectivity index (χ0n) is 29.9. The first kappa shape index (κ1) is 30.7. The zero-order valence-corrected chi connectivity index (χ0v) is 29.9. The largest absolute Gasteiger partial charge is 0.456 e. The molecule has 0 amide bonds. The molecule has 8 aromatic carbocycles. The molecule has 0 aliphatic heterocycles. The van der Waals surface area contributed by atoms with E-state index in [4.69, 9.17) is 13.8 Å². The van der Waals surface area contributed by atoms with Crippen molar-refractivity contribution >= 4 is 60.9 Å². The fourth-order valence-electron chi connectivity index (χ4n) is 8.59. The normalized spacial score (nSPS) is 13.1. The molecule has 1 aliphatic carbocycles. The summed E-state index contributed by atoms with van der Waals surface area (Å²) in [5.41, 5.74) is 14.8. The van der Waals surface area contributed by atoms with Crippen LogP contribution in [0.3, 0.4) is 0 Å². The Morgan fingerprint density at radius 2 is 1.13 bits per heavy atom. The molecule has 0 unspecified atom stereocenters. The third-order valence-electron chi connectivity index (χ3n) is 11.3. The molecule has 0 saturated heterocycles. The van der Waals surface area contributed by atoms with Crippen molar-refractivity contribution in [2.75, 3.05) is 4.90 Å². The van der Waals surface area contributed by atoms with Crippen molar-refractivity contribution in [1.29, 1.82) is 0 Å². The van der Waals surface area contributed by atoms with Crippen molar-refractivity contribution in [1.82, 2.24) is 4.98 Å². The minimum Gasteiger partial charge on any atom is -0.456 e. The highest BCUT2D eigenvalue weighted by Crippen LogP contribution is 2.51. The van der Waals surface area contributed by atoms with Crippen molar-refractivity contribution in [3.05, 3.63) is 181 Å². The van der Waals surface area contributed by atoms with Gasteiger partial charge in [-0.15, -0.1) is 0 Å². The van der Waals surface area contributed by atoms with E-state index in [0.29, 0.717) is 5.89 Å². The minimum absolute atomic E-state index is 0.127. The lowest BCUT2D eigenvalue weighted by atomic mass is 9.82.